The Bertz CT molecular complexity index is 1020. The van der Waals surface area contributed by atoms with Crippen LogP contribution in [0.4, 0.5) is 4.79 Å². The standard InChI is InChI=1S/C19H21N5O4/c1-12-6-8-19(9-7-12)17(27)24(18(28)21-19)22-15(25)10-23-11-20-14-5-3-2-4-13(14)16(23)26/h2-5,11-12H,6-10H2,1H3,(H,21,28)(H,22,25). The van der Waals surface area contributed by atoms with E-state index in [1.165, 1.54) is 6.33 Å². The molecule has 1 aromatic heterocycles. The smallest absolute Gasteiger partial charge is 0.322 e. The molecule has 9 heteroatoms. The summed E-state index contributed by atoms with van der Waals surface area (Å²) >= 11 is 0. The summed E-state index contributed by atoms with van der Waals surface area (Å²) in [5.74, 6) is -0.586. The number of nitrogens with one attached hydrogen (secondary N) is 2. The van der Waals surface area contributed by atoms with Crippen molar-refractivity contribution < 1.29 is 14.4 Å². The summed E-state index contributed by atoms with van der Waals surface area (Å²) in [6, 6.07) is 6.18. The molecule has 4 amide bonds. The Morgan fingerprint density at radius 2 is 1.96 bits per heavy atom. The second-order valence-electron chi connectivity index (χ2n) is 7.57. The lowest BCUT2D eigenvalue weighted by atomic mass is 9.77. The molecule has 2 heterocycles. The first-order valence-electron chi connectivity index (χ1n) is 9.30. The van der Waals surface area contributed by atoms with Crippen molar-refractivity contribution in [2.24, 2.45) is 5.92 Å². The Morgan fingerprint density at radius 1 is 1.25 bits per heavy atom. The van der Waals surface area contributed by atoms with Gasteiger partial charge >= 0.3 is 6.03 Å². The number of benzene rings is 1. The quantitative estimate of drug-likeness (QED) is 0.766. The Labute approximate surface area is 160 Å². The van der Waals surface area contributed by atoms with E-state index < -0.39 is 23.4 Å². The van der Waals surface area contributed by atoms with Gasteiger partial charge in [-0.15, -0.1) is 0 Å². The van der Waals surface area contributed by atoms with Gasteiger partial charge in [-0.2, -0.15) is 5.01 Å². The lowest BCUT2D eigenvalue weighted by Gasteiger charge is -2.33. The van der Waals surface area contributed by atoms with E-state index >= 15 is 0 Å². The fourth-order valence-corrected chi connectivity index (χ4v) is 3.85. The number of carbonyl (C=O) groups is 3. The zero-order valence-corrected chi connectivity index (χ0v) is 15.5. The maximum absolute atomic E-state index is 12.8. The summed E-state index contributed by atoms with van der Waals surface area (Å²) in [4.78, 5) is 54.1. The van der Waals surface area contributed by atoms with E-state index in [0.29, 0.717) is 29.7 Å². The van der Waals surface area contributed by atoms with Crippen LogP contribution in [0.2, 0.25) is 0 Å². The lowest BCUT2D eigenvalue weighted by molar-refractivity contribution is -0.140. The highest BCUT2D eigenvalue weighted by Crippen LogP contribution is 2.35. The number of hydrogen-bond acceptors (Lipinski definition) is 5. The highest BCUT2D eigenvalue weighted by Gasteiger charge is 2.52. The van der Waals surface area contributed by atoms with Crippen molar-refractivity contribution in [3.63, 3.8) is 0 Å². The molecule has 1 spiro atoms. The van der Waals surface area contributed by atoms with Crippen LogP contribution >= 0.6 is 0 Å². The highest BCUT2D eigenvalue weighted by molar-refractivity contribution is 6.08. The highest BCUT2D eigenvalue weighted by atomic mass is 16.2. The van der Waals surface area contributed by atoms with Crippen molar-refractivity contribution in [2.75, 3.05) is 0 Å². The van der Waals surface area contributed by atoms with E-state index in [1.54, 1.807) is 24.3 Å². The molecule has 4 rings (SSSR count). The first kappa shape index (κ1) is 18.1. The van der Waals surface area contributed by atoms with Gasteiger partial charge in [0.1, 0.15) is 12.1 Å². The number of imide groups is 1. The van der Waals surface area contributed by atoms with Crippen LogP contribution < -0.4 is 16.3 Å². The predicted molar refractivity (Wildman–Crippen MR) is 99.9 cm³/mol. The van der Waals surface area contributed by atoms with Gasteiger partial charge in [-0.1, -0.05) is 19.1 Å². The summed E-state index contributed by atoms with van der Waals surface area (Å²) in [5.41, 5.74) is 1.57. The Balaban J connectivity index is 1.48. The van der Waals surface area contributed by atoms with Crippen LogP contribution in [-0.2, 0) is 16.1 Å². The second kappa shape index (κ2) is 6.74. The maximum atomic E-state index is 12.8. The summed E-state index contributed by atoms with van der Waals surface area (Å²) in [6.45, 7) is 1.76. The molecule has 2 aliphatic rings. The van der Waals surface area contributed by atoms with Gasteiger partial charge in [0.05, 0.1) is 17.2 Å². The van der Waals surface area contributed by atoms with Gasteiger partial charge in [0.25, 0.3) is 17.4 Å². The molecule has 2 fully saturated rings. The Hall–Kier alpha value is -3.23. The van der Waals surface area contributed by atoms with E-state index in [4.69, 9.17) is 0 Å². The molecule has 2 N–H and O–H groups in total. The third kappa shape index (κ3) is 3.02. The molecule has 0 radical (unpaired) electrons. The van der Waals surface area contributed by atoms with Crippen LogP contribution in [0, 0.1) is 5.92 Å². The third-order valence-corrected chi connectivity index (χ3v) is 5.57. The first-order valence-corrected chi connectivity index (χ1v) is 9.30. The number of aromatic nitrogens is 2. The number of carbonyl (C=O) groups excluding carboxylic acids is 3. The molecule has 1 aliphatic carbocycles. The molecular weight excluding hydrogens is 362 g/mol. The van der Waals surface area contributed by atoms with E-state index in [0.717, 1.165) is 22.4 Å². The Kier molecular flexibility index (Phi) is 4.37. The van der Waals surface area contributed by atoms with Crippen molar-refractivity contribution in [3.8, 4) is 0 Å². The summed E-state index contributed by atoms with van der Waals surface area (Å²) in [6.07, 6.45) is 4.07. The zero-order valence-electron chi connectivity index (χ0n) is 15.5. The molecule has 146 valence electrons. The number of nitrogens with zero attached hydrogens (tertiary/aromatic N) is 3. The number of urea groups is 1. The molecule has 1 aliphatic heterocycles. The molecule has 1 saturated heterocycles. The number of rotatable bonds is 3. The fraction of sp³-hybridized carbons (Fsp3) is 0.421. The molecule has 28 heavy (non-hydrogen) atoms. The van der Waals surface area contributed by atoms with Crippen molar-refractivity contribution in [1.82, 2.24) is 25.3 Å². The van der Waals surface area contributed by atoms with E-state index in [-0.39, 0.29) is 12.1 Å². The van der Waals surface area contributed by atoms with Gasteiger partial charge in [-0.3, -0.25) is 24.4 Å². The van der Waals surface area contributed by atoms with E-state index in [9.17, 15) is 19.2 Å². The minimum absolute atomic E-state index is 0.349. The summed E-state index contributed by atoms with van der Waals surface area (Å²) in [5, 5.41) is 3.86. The molecular formula is C19H21N5O4. The first-order chi connectivity index (χ1) is 13.4. The Morgan fingerprint density at radius 3 is 2.71 bits per heavy atom. The largest absolute Gasteiger partial charge is 0.344 e. The maximum Gasteiger partial charge on any atom is 0.344 e. The van der Waals surface area contributed by atoms with Crippen LogP contribution in [0.1, 0.15) is 32.6 Å². The van der Waals surface area contributed by atoms with Gasteiger partial charge in [0, 0.05) is 0 Å². The van der Waals surface area contributed by atoms with E-state index in [2.05, 4.69) is 22.7 Å². The van der Waals surface area contributed by atoms with Crippen molar-refractivity contribution in [1.29, 1.82) is 0 Å². The molecule has 1 aromatic carbocycles. The number of para-hydroxylation sites is 1. The summed E-state index contributed by atoms with van der Waals surface area (Å²) in [7, 11) is 0. The number of fused-ring (bicyclic) bond motifs is 1. The minimum atomic E-state index is -0.932. The van der Waals surface area contributed by atoms with Gasteiger partial charge in [-0.05, 0) is 43.7 Å². The average Bonchev–Trinajstić information content (AvgIpc) is 2.91. The fourth-order valence-electron chi connectivity index (χ4n) is 3.85. The van der Waals surface area contributed by atoms with Gasteiger partial charge in [0.15, 0.2) is 0 Å². The zero-order chi connectivity index (χ0) is 19.9. The van der Waals surface area contributed by atoms with Crippen LogP contribution in [0.25, 0.3) is 10.9 Å². The normalized spacial score (nSPS) is 24.6. The topological polar surface area (TPSA) is 113 Å². The van der Waals surface area contributed by atoms with Crippen LogP contribution in [-0.4, -0.2) is 37.9 Å². The molecule has 1 saturated carbocycles. The number of amides is 4. The minimum Gasteiger partial charge on any atom is -0.322 e. The van der Waals surface area contributed by atoms with Crippen LogP contribution in [0.5, 0.6) is 0 Å². The van der Waals surface area contributed by atoms with E-state index in [1.807, 2.05) is 0 Å². The SMILES string of the molecule is CC1CCC2(CC1)NC(=O)N(NC(=O)Cn1cnc3ccccc3c1=O)C2=O. The van der Waals surface area contributed by atoms with Gasteiger partial charge in [0.2, 0.25) is 0 Å². The van der Waals surface area contributed by atoms with Crippen molar-refractivity contribution in [3.05, 3.63) is 40.9 Å². The molecule has 9 nitrogen and oxygen atoms in total. The molecule has 0 unspecified atom stereocenters. The lowest BCUT2D eigenvalue weighted by Crippen LogP contribution is -2.52. The number of hydrogen-bond donors (Lipinski definition) is 2. The van der Waals surface area contributed by atoms with Crippen LogP contribution in [0.3, 0.4) is 0 Å². The number of hydrazine groups is 1. The summed E-state index contributed by atoms with van der Waals surface area (Å²) < 4.78 is 1.15. The van der Waals surface area contributed by atoms with Crippen molar-refractivity contribution >= 4 is 28.7 Å². The predicted octanol–water partition coefficient (Wildman–Crippen LogP) is 0.928. The average molecular weight is 383 g/mol. The second-order valence-corrected chi connectivity index (χ2v) is 7.57. The third-order valence-electron chi connectivity index (χ3n) is 5.57. The molecule has 0 bridgehead atoms. The monoisotopic (exact) mass is 383 g/mol. The van der Waals surface area contributed by atoms with Crippen LogP contribution in [0.15, 0.2) is 35.4 Å². The molecule has 0 atom stereocenters. The molecule has 2 aromatic rings. The van der Waals surface area contributed by atoms with Crippen molar-refractivity contribution in [2.45, 2.75) is 44.7 Å². The van der Waals surface area contributed by atoms with Gasteiger partial charge < -0.3 is 5.32 Å². The van der Waals surface area contributed by atoms with Gasteiger partial charge in [-0.25, -0.2) is 9.78 Å².